The van der Waals surface area contributed by atoms with Crippen LogP contribution >= 0.6 is 11.6 Å². The number of hydrogen-bond acceptors (Lipinski definition) is 9. The van der Waals surface area contributed by atoms with Crippen LogP contribution in [0.25, 0.3) is 11.2 Å². The largest absolute Gasteiger partial charge is 0.369 e. The van der Waals surface area contributed by atoms with Gasteiger partial charge in [0.15, 0.2) is 5.65 Å². The number of halogens is 2. The fourth-order valence-electron chi connectivity index (χ4n) is 5.43. The normalized spacial score (nSPS) is 22.1. The minimum Gasteiger partial charge on any atom is -0.369 e. The van der Waals surface area contributed by atoms with Crippen LogP contribution in [0.1, 0.15) is 50.1 Å². The first-order chi connectivity index (χ1) is 19.0. The van der Waals surface area contributed by atoms with E-state index >= 15 is 0 Å². The van der Waals surface area contributed by atoms with E-state index in [1.807, 2.05) is 10.6 Å². The lowest BCUT2D eigenvalue weighted by Crippen LogP contribution is -2.44. The molecule has 1 aliphatic heterocycles. The van der Waals surface area contributed by atoms with E-state index in [2.05, 4.69) is 20.6 Å². The van der Waals surface area contributed by atoms with Crippen molar-refractivity contribution in [1.29, 1.82) is 5.26 Å². The van der Waals surface area contributed by atoms with E-state index in [4.69, 9.17) is 27.6 Å². The molecule has 1 aliphatic carbocycles. The number of nitrogens with one attached hydrogen (secondary N) is 2. The summed E-state index contributed by atoms with van der Waals surface area (Å²) < 4.78 is 42.3. The van der Waals surface area contributed by atoms with Crippen molar-refractivity contribution >= 4 is 56.3 Å². The Hall–Kier alpha value is -3.54. The number of nitrogens with zero attached hydrogens (tertiary/aromatic N) is 6. The van der Waals surface area contributed by atoms with Gasteiger partial charge in [0.1, 0.15) is 11.3 Å². The third kappa shape index (κ3) is 5.81. The van der Waals surface area contributed by atoms with Gasteiger partial charge in [-0.15, -0.1) is 0 Å². The highest BCUT2D eigenvalue weighted by Crippen LogP contribution is 2.38. The van der Waals surface area contributed by atoms with E-state index in [1.165, 1.54) is 16.6 Å². The number of rotatable bonds is 7. The van der Waals surface area contributed by atoms with Crippen molar-refractivity contribution in [3.05, 3.63) is 34.7 Å². The van der Waals surface area contributed by atoms with Crippen molar-refractivity contribution in [2.45, 2.75) is 50.6 Å². The molecular weight excluding hydrogens is 561 g/mol. The molecule has 4 N–H and O–H groups in total. The standard InChI is InChI=1S/C25H29ClFN9O3S/c1-40(38,39)35-8-2-3-16(13-35)31-24-30-12-20-23(34-24)36(17-6-4-15(5-7-17)22(29)37)25(32-20)33-21-18(26)9-14(11-28)10-19(21)27/h9-10,12,15-17H,2-8,13H2,1H3,(H2,29,37)(H,32,33)(H,30,31,34)/t15-,16-,17+/m1/s1. The van der Waals surface area contributed by atoms with Crippen molar-refractivity contribution in [2.24, 2.45) is 11.7 Å². The monoisotopic (exact) mass is 589 g/mol. The van der Waals surface area contributed by atoms with Crippen molar-refractivity contribution in [3.8, 4) is 6.07 Å². The number of imidazole rings is 1. The van der Waals surface area contributed by atoms with Crippen LogP contribution < -0.4 is 16.4 Å². The number of primary amides is 1. The van der Waals surface area contributed by atoms with Gasteiger partial charge in [-0.1, -0.05) is 11.6 Å². The van der Waals surface area contributed by atoms with E-state index < -0.39 is 15.8 Å². The van der Waals surface area contributed by atoms with Gasteiger partial charge in [0.2, 0.25) is 27.8 Å². The zero-order valence-corrected chi connectivity index (χ0v) is 23.3. The summed E-state index contributed by atoms with van der Waals surface area (Å²) in [7, 11) is -3.32. The van der Waals surface area contributed by atoms with Crippen LogP contribution in [0.3, 0.4) is 0 Å². The predicted molar refractivity (Wildman–Crippen MR) is 148 cm³/mol. The molecule has 3 heterocycles. The predicted octanol–water partition coefficient (Wildman–Crippen LogP) is 3.29. The zero-order valence-electron chi connectivity index (χ0n) is 21.8. The quantitative estimate of drug-likeness (QED) is 0.374. The molecule has 1 aromatic carbocycles. The maximum atomic E-state index is 14.9. The first kappa shape index (κ1) is 28.0. The van der Waals surface area contributed by atoms with Crippen molar-refractivity contribution in [2.75, 3.05) is 30.0 Å². The van der Waals surface area contributed by atoms with Gasteiger partial charge in [0.25, 0.3) is 0 Å². The van der Waals surface area contributed by atoms with Crippen LogP contribution in [0.5, 0.6) is 0 Å². The van der Waals surface area contributed by atoms with Crippen LogP contribution in [0, 0.1) is 23.1 Å². The third-order valence-corrected chi connectivity index (χ3v) is 9.06. The molecule has 0 spiro atoms. The van der Waals surface area contributed by atoms with Gasteiger partial charge in [-0.25, -0.2) is 27.1 Å². The van der Waals surface area contributed by atoms with Gasteiger partial charge in [-0.2, -0.15) is 10.2 Å². The molecule has 2 aromatic heterocycles. The molecule has 1 atom stereocenters. The second kappa shape index (κ2) is 11.1. The Bertz CT molecular complexity index is 1580. The third-order valence-electron chi connectivity index (χ3n) is 7.49. The molecular formula is C25H29ClFN9O3S. The summed E-state index contributed by atoms with van der Waals surface area (Å²) in [5.41, 5.74) is 6.54. The number of nitriles is 1. The number of amides is 1. The lowest BCUT2D eigenvalue weighted by molar-refractivity contribution is -0.122. The number of carbonyl (C=O) groups is 1. The van der Waals surface area contributed by atoms with Gasteiger partial charge in [0.05, 0.1) is 34.8 Å². The summed E-state index contributed by atoms with van der Waals surface area (Å²) in [5, 5.41) is 15.4. The van der Waals surface area contributed by atoms with Crippen LogP contribution in [0.4, 0.5) is 22.0 Å². The van der Waals surface area contributed by atoms with E-state index in [-0.39, 0.29) is 46.1 Å². The number of benzene rings is 1. The molecule has 0 unspecified atom stereocenters. The van der Waals surface area contributed by atoms with E-state index in [0.29, 0.717) is 62.3 Å². The van der Waals surface area contributed by atoms with E-state index in [9.17, 15) is 17.6 Å². The molecule has 3 aromatic rings. The average molecular weight is 590 g/mol. The Morgan fingerprint density at radius 2 is 1.98 bits per heavy atom. The molecule has 5 rings (SSSR count). The van der Waals surface area contributed by atoms with Gasteiger partial charge < -0.3 is 16.4 Å². The smallest absolute Gasteiger partial charge is 0.225 e. The van der Waals surface area contributed by atoms with Gasteiger partial charge in [-0.05, 0) is 50.7 Å². The zero-order chi connectivity index (χ0) is 28.6. The van der Waals surface area contributed by atoms with Gasteiger partial charge >= 0.3 is 0 Å². The van der Waals surface area contributed by atoms with Gasteiger partial charge in [-0.3, -0.25) is 9.36 Å². The molecule has 0 radical (unpaired) electrons. The highest BCUT2D eigenvalue weighted by molar-refractivity contribution is 7.88. The molecule has 2 fully saturated rings. The average Bonchev–Trinajstić information content (AvgIpc) is 3.27. The fourth-order valence-corrected chi connectivity index (χ4v) is 6.59. The first-order valence-electron chi connectivity index (χ1n) is 13.0. The number of sulfonamides is 1. The number of carbonyl (C=O) groups excluding carboxylic acids is 1. The highest BCUT2D eigenvalue weighted by Gasteiger charge is 2.30. The second-order valence-corrected chi connectivity index (χ2v) is 12.7. The molecule has 1 amide bonds. The summed E-state index contributed by atoms with van der Waals surface area (Å²) in [6, 6.07) is 4.03. The molecule has 1 saturated carbocycles. The number of piperidine rings is 1. The Morgan fingerprint density at radius 1 is 1.23 bits per heavy atom. The minimum atomic E-state index is -3.32. The summed E-state index contributed by atoms with van der Waals surface area (Å²) in [6.45, 7) is 0.779. The van der Waals surface area contributed by atoms with Crippen LogP contribution in [0.15, 0.2) is 18.3 Å². The molecule has 2 aliphatic rings. The Morgan fingerprint density at radius 3 is 2.62 bits per heavy atom. The van der Waals surface area contributed by atoms with E-state index in [1.54, 1.807) is 6.20 Å². The first-order valence-corrected chi connectivity index (χ1v) is 15.2. The molecule has 40 heavy (non-hydrogen) atoms. The fraction of sp³-hybridized carbons (Fsp3) is 0.480. The molecule has 212 valence electrons. The number of fused-ring (bicyclic) bond motifs is 1. The molecule has 1 saturated heterocycles. The minimum absolute atomic E-state index is 0.0220. The van der Waals surface area contributed by atoms with Crippen molar-refractivity contribution in [1.82, 2.24) is 23.8 Å². The van der Waals surface area contributed by atoms with Crippen LogP contribution in [-0.2, 0) is 14.8 Å². The van der Waals surface area contributed by atoms with E-state index in [0.717, 1.165) is 12.5 Å². The Labute approximate surface area is 235 Å². The lowest BCUT2D eigenvalue weighted by atomic mass is 9.85. The number of aromatic nitrogens is 4. The van der Waals surface area contributed by atoms with Gasteiger partial charge in [0, 0.05) is 31.1 Å². The number of nitrogens with two attached hydrogens (primary N) is 1. The van der Waals surface area contributed by atoms with Crippen LogP contribution in [0.2, 0.25) is 5.02 Å². The topological polar surface area (TPSA) is 172 Å². The summed E-state index contributed by atoms with van der Waals surface area (Å²) in [5.74, 6) is -0.655. The summed E-state index contributed by atoms with van der Waals surface area (Å²) >= 11 is 6.30. The molecule has 15 heteroatoms. The van der Waals surface area contributed by atoms with Crippen LogP contribution in [-0.4, -0.2) is 63.5 Å². The summed E-state index contributed by atoms with van der Waals surface area (Å²) in [4.78, 5) is 25.5. The SMILES string of the molecule is CS(=O)(=O)N1CCC[C@@H](Nc2ncc3nc(Nc4c(F)cc(C#N)cc4Cl)n([C@H]4CC[C@@H](C(N)=O)CC4)c3n2)C1. The lowest BCUT2D eigenvalue weighted by Gasteiger charge is -2.31. The maximum absolute atomic E-state index is 14.9. The highest BCUT2D eigenvalue weighted by atomic mass is 35.5. The molecule has 0 bridgehead atoms. The molecule has 12 nitrogen and oxygen atoms in total. The maximum Gasteiger partial charge on any atom is 0.225 e. The second-order valence-electron chi connectivity index (χ2n) is 10.3. The summed E-state index contributed by atoms with van der Waals surface area (Å²) in [6.07, 6.45) is 6.63. The Kier molecular flexibility index (Phi) is 7.80. The number of anilines is 3. The van der Waals surface area contributed by atoms with Crippen molar-refractivity contribution < 1.29 is 17.6 Å². The number of hydrogen-bond donors (Lipinski definition) is 3. The van der Waals surface area contributed by atoms with Crippen molar-refractivity contribution in [3.63, 3.8) is 0 Å². The Balaban J connectivity index is 1.50.